The lowest BCUT2D eigenvalue weighted by molar-refractivity contribution is -0.137. The van der Waals surface area contributed by atoms with E-state index in [1.165, 1.54) is 17.0 Å². The molecule has 7 heteroatoms. The van der Waals surface area contributed by atoms with Crippen molar-refractivity contribution in [2.24, 2.45) is 0 Å². The molecule has 3 aromatic rings. The van der Waals surface area contributed by atoms with E-state index in [1.54, 1.807) is 56.6 Å². The Morgan fingerprint density at radius 3 is 2.00 bits per heavy atom. The first-order chi connectivity index (χ1) is 13.2. The minimum absolute atomic E-state index is 0.191. The average molecular weight is 386 g/mol. The summed E-state index contributed by atoms with van der Waals surface area (Å²) in [5.41, 5.74) is 1.03. The van der Waals surface area contributed by atoms with Crippen LogP contribution in [0, 0.1) is 0 Å². The van der Waals surface area contributed by atoms with Gasteiger partial charge in [-0.05, 0) is 60.7 Å². The molecule has 0 fully saturated rings. The zero-order valence-electron chi connectivity index (χ0n) is 15.2. The highest BCUT2D eigenvalue weighted by molar-refractivity contribution is 5.92. The molecule has 0 atom stereocenters. The van der Waals surface area contributed by atoms with Crippen molar-refractivity contribution in [2.75, 3.05) is 14.1 Å². The summed E-state index contributed by atoms with van der Waals surface area (Å²) in [5.74, 6) is 0.589. The monoisotopic (exact) mass is 386 g/mol. The number of amides is 1. The summed E-state index contributed by atoms with van der Waals surface area (Å²) in [6.45, 7) is 0. The van der Waals surface area contributed by atoms with Crippen LogP contribution in [0.25, 0.3) is 11.3 Å². The van der Waals surface area contributed by atoms with Gasteiger partial charge in [-0.3, -0.25) is 4.79 Å². The molecule has 1 aromatic heterocycles. The van der Waals surface area contributed by atoms with E-state index in [9.17, 15) is 18.0 Å². The number of hydrogen-bond donors (Lipinski definition) is 0. The van der Waals surface area contributed by atoms with Crippen molar-refractivity contribution < 1.29 is 22.7 Å². The Labute approximate surface area is 160 Å². The van der Waals surface area contributed by atoms with Crippen LogP contribution >= 0.6 is 0 Å². The zero-order valence-corrected chi connectivity index (χ0v) is 15.2. The highest BCUT2D eigenvalue weighted by Crippen LogP contribution is 2.31. The molecule has 4 nitrogen and oxygen atoms in total. The Hall–Kier alpha value is -3.35. The third kappa shape index (κ3) is 4.49. The molecule has 0 aliphatic heterocycles. The number of halogens is 3. The SMILES string of the molecule is CN(C)C(=O)c1cccc(-c2ccc(Oc3ccc(C(F)(F)F)cc3)cc2)n1. The second-order valence-electron chi connectivity index (χ2n) is 6.26. The smallest absolute Gasteiger partial charge is 0.416 e. The van der Waals surface area contributed by atoms with Gasteiger partial charge in [0.1, 0.15) is 17.2 Å². The Kier molecular flexibility index (Phi) is 5.35. The first kappa shape index (κ1) is 19.4. The number of hydrogen-bond acceptors (Lipinski definition) is 3. The molecule has 0 aliphatic carbocycles. The first-order valence-corrected chi connectivity index (χ1v) is 8.38. The normalized spacial score (nSPS) is 11.2. The number of carbonyl (C=O) groups excluding carboxylic acids is 1. The summed E-state index contributed by atoms with van der Waals surface area (Å²) in [6.07, 6.45) is -4.38. The topological polar surface area (TPSA) is 42.4 Å². The van der Waals surface area contributed by atoms with Crippen molar-refractivity contribution in [2.45, 2.75) is 6.18 Å². The van der Waals surface area contributed by atoms with Crippen LogP contribution in [0.1, 0.15) is 16.1 Å². The Bertz CT molecular complexity index is 966. The summed E-state index contributed by atoms with van der Waals surface area (Å²) >= 11 is 0. The molecular weight excluding hydrogens is 369 g/mol. The van der Waals surface area contributed by atoms with Crippen LogP contribution in [0.3, 0.4) is 0 Å². The Morgan fingerprint density at radius 1 is 0.893 bits per heavy atom. The van der Waals surface area contributed by atoms with Gasteiger partial charge >= 0.3 is 6.18 Å². The van der Waals surface area contributed by atoms with Gasteiger partial charge in [0, 0.05) is 19.7 Å². The largest absolute Gasteiger partial charge is 0.457 e. The molecule has 3 rings (SSSR count). The summed E-state index contributed by atoms with van der Waals surface area (Å²) < 4.78 is 43.4. The highest BCUT2D eigenvalue weighted by atomic mass is 19.4. The standard InChI is InChI=1S/C21H17F3N2O2/c1-26(2)20(27)19-5-3-4-18(25-19)14-6-10-16(11-7-14)28-17-12-8-15(9-13-17)21(22,23)24/h3-13H,1-2H3. The van der Waals surface area contributed by atoms with Gasteiger partial charge in [0.15, 0.2) is 0 Å². The lowest BCUT2D eigenvalue weighted by Gasteiger charge is -2.11. The van der Waals surface area contributed by atoms with Crippen LogP contribution in [-0.4, -0.2) is 29.9 Å². The minimum Gasteiger partial charge on any atom is -0.457 e. The molecule has 144 valence electrons. The summed E-state index contributed by atoms with van der Waals surface area (Å²) in [7, 11) is 3.31. The minimum atomic E-state index is -4.38. The average Bonchev–Trinajstić information content (AvgIpc) is 2.68. The highest BCUT2D eigenvalue weighted by Gasteiger charge is 2.30. The van der Waals surface area contributed by atoms with Crippen LogP contribution in [-0.2, 0) is 6.18 Å². The number of aromatic nitrogens is 1. The van der Waals surface area contributed by atoms with E-state index < -0.39 is 11.7 Å². The lowest BCUT2D eigenvalue weighted by Crippen LogP contribution is -2.22. The molecule has 0 N–H and O–H groups in total. The van der Waals surface area contributed by atoms with Gasteiger partial charge in [0.25, 0.3) is 5.91 Å². The van der Waals surface area contributed by atoms with E-state index in [-0.39, 0.29) is 5.91 Å². The van der Waals surface area contributed by atoms with Crippen molar-refractivity contribution in [1.82, 2.24) is 9.88 Å². The maximum atomic E-state index is 12.6. The van der Waals surface area contributed by atoms with E-state index in [1.807, 2.05) is 0 Å². The van der Waals surface area contributed by atoms with E-state index in [2.05, 4.69) is 4.98 Å². The van der Waals surface area contributed by atoms with Crippen molar-refractivity contribution >= 4 is 5.91 Å². The molecule has 0 saturated carbocycles. The Morgan fingerprint density at radius 2 is 1.46 bits per heavy atom. The third-order valence-electron chi connectivity index (χ3n) is 3.94. The summed E-state index contributed by atoms with van der Waals surface area (Å²) in [6, 6.07) is 16.6. The molecule has 0 aliphatic rings. The fraction of sp³-hybridized carbons (Fsp3) is 0.143. The maximum Gasteiger partial charge on any atom is 0.416 e. The molecule has 0 radical (unpaired) electrons. The van der Waals surface area contributed by atoms with Gasteiger partial charge in [-0.2, -0.15) is 13.2 Å². The predicted molar refractivity (Wildman–Crippen MR) is 99.2 cm³/mol. The van der Waals surface area contributed by atoms with Crippen LogP contribution in [0.5, 0.6) is 11.5 Å². The maximum absolute atomic E-state index is 12.6. The molecule has 0 bridgehead atoms. The third-order valence-corrected chi connectivity index (χ3v) is 3.94. The Balaban J connectivity index is 1.75. The molecule has 1 amide bonds. The molecule has 28 heavy (non-hydrogen) atoms. The number of alkyl halides is 3. The summed E-state index contributed by atoms with van der Waals surface area (Å²) in [5, 5.41) is 0. The number of nitrogens with zero attached hydrogens (tertiary/aromatic N) is 2. The van der Waals surface area contributed by atoms with Gasteiger partial charge in [0.05, 0.1) is 11.3 Å². The van der Waals surface area contributed by atoms with Gasteiger partial charge in [-0.15, -0.1) is 0 Å². The molecular formula is C21H17F3N2O2. The molecule has 0 spiro atoms. The van der Waals surface area contributed by atoms with Gasteiger partial charge < -0.3 is 9.64 Å². The second kappa shape index (κ2) is 7.72. The molecule has 0 saturated heterocycles. The van der Waals surface area contributed by atoms with E-state index in [0.717, 1.165) is 17.7 Å². The lowest BCUT2D eigenvalue weighted by atomic mass is 10.1. The summed E-state index contributed by atoms with van der Waals surface area (Å²) in [4.78, 5) is 17.9. The number of benzene rings is 2. The zero-order chi connectivity index (χ0) is 20.3. The van der Waals surface area contributed by atoms with Gasteiger partial charge in [-0.25, -0.2) is 4.98 Å². The van der Waals surface area contributed by atoms with E-state index in [4.69, 9.17) is 4.74 Å². The molecule has 2 aromatic carbocycles. The van der Waals surface area contributed by atoms with Crippen molar-refractivity contribution in [3.8, 4) is 22.8 Å². The van der Waals surface area contributed by atoms with E-state index in [0.29, 0.717) is 22.9 Å². The first-order valence-electron chi connectivity index (χ1n) is 8.38. The van der Waals surface area contributed by atoms with Crippen molar-refractivity contribution in [3.63, 3.8) is 0 Å². The van der Waals surface area contributed by atoms with Crippen LogP contribution in [0.2, 0.25) is 0 Å². The van der Waals surface area contributed by atoms with Crippen molar-refractivity contribution in [3.05, 3.63) is 78.0 Å². The van der Waals surface area contributed by atoms with Crippen LogP contribution in [0.4, 0.5) is 13.2 Å². The number of ether oxygens (including phenoxy) is 1. The van der Waals surface area contributed by atoms with Crippen LogP contribution in [0.15, 0.2) is 66.7 Å². The number of carbonyl (C=O) groups is 1. The van der Waals surface area contributed by atoms with E-state index >= 15 is 0 Å². The molecule has 1 heterocycles. The van der Waals surface area contributed by atoms with Gasteiger partial charge in [-0.1, -0.05) is 6.07 Å². The fourth-order valence-electron chi connectivity index (χ4n) is 2.49. The fourth-order valence-corrected chi connectivity index (χ4v) is 2.49. The molecule has 0 unspecified atom stereocenters. The number of pyridine rings is 1. The predicted octanol–water partition coefficient (Wildman–Crippen LogP) is 5.26. The quantitative estimate of drug-likeness (QED) is 0.614. The van der Waals surface area contributed by atoms with Gasteiger partial charge in [0.2, 0.25) is 0 Å². The second-order valence-corrected chi connectivity index (χ2v) is 6.26. The van der Waals surface area contributed by atoms with Crippen LogP contribution < -0.4 is 4.74 Å². The van der Waals surface area contributed by atoms with Crippen molar-refractivity contribution in [1.29, 1.82) is 0 Å². The number of rotatable bonds is 4.